The minimum Gasteiger partial charge on any atom is -0.340 e. The van der Waals surface area contributed by atoms with Crippen LogP contribution in [0.25, 0.3) is 0 Å². The maximum absolute atomic E-state index is 11.6. The van der Waals surface area contributed by atoms with Crippen molar-refractivity contribution in [1.29, 1.82) is 0 Å². The summed E-state index contributed by atoms with van der Waals surface area (Å²) in [4.78, 5) is 13.6. The van der Waals surface area contributed by atoms with Crippen molar-refractivity contribution in [3.63, 3.8) is 0 Å². The molecule has 0 aromatic rings. The van der Waals surface area contributed by atoms with E-state index in [1.54, 1.807) is 0 Å². The number of rotatable bonds is 5. The SMILES string of the molecule is CCC(CC)(CN1CC(N)CC1=O)SC. The normalized spacial score (nSPS) is 22.5. The van der Waals surface area contributed by atoms with Gasteiger partial charge >= 0.3 is 0 Å². The van der Waals surface area contributed by atoms with Gasteiger partial charge in [-0.25, -0.2) is 0 Å². The number of thioether (sulfide) groups is 1. The lowest BCUT2D eigenvalue weighted by atomic mass is 10.0. The number of amides is 1. The van der Waals surface area contributed by atoms with Gasteiger partial charge in [-0.1, -0.05) is 13.8 Å². The zero-order valence-electron chi connectivity index (χ0n) is 9.95. The molecular weight excluding hydrogens is 208 g/mol. The Morgan fingerprint density at radius 3 is 2.47 bits per heavy atom. The Morgan fingerprint density at radius 2 is 2.13 bits per heavy atom. The highest BCUT2D eigenvalue weighted by molar-refractivity contribution is 8.00. The third-order valence-corrected chi connectivity index (χ3v) is 5.02. The van der Waals surface area contributed by atoms with Gasteiger partial charge in [-0.3, -0.25) is 4.79 Å². The summed E-state index contributed by atoms with van der Waals surface area (Å²) in [7, 11) is 0. The van der Waals surface area contributed by atoms with E-state index in [0.29, 0.717) is 6.42 Å². The molecule has 0 saturated carbocycles. The van der Waals surface area contributed by atoms with Crippen LogP contribution in [0.5, 0.6) is 0 Å². The van der Waals surface area contributed by atoms with Gasteiger partial charge in [0.05, 0.1) is 0 Å². The molecule has 0 bridgehead atoms. The number of hydrogen-bond acceptors (Lipinski definition) is 3. The molecule has 1 heterocycles. The molecule has 1 atom stereocenters. The Hall–Kier alpha value is -0.220. The molecule has 1 saturated heterocycles. The third-order valence-electron chi connectivity index (χ3n) is 3.45. The largest absolute Gasteiger partial charge is 0.340 e. The van der Waals surface area contributed by atoms with Crippen molar-refractivity contribution in [3.8, 4) is 0 Å². The molecule has 1 fully saturated rings. The van der Waals surface area contributed by atoms with Gasteiger partial charge in [-0.15, -0.1) is 0 Å². The average Bonchev–Trinajstić information content (AvgIpc) is 2.54. The number of carbonyl (C=O) groups is 1. The van der Waals surface area contributed by atoms with Gasteiger partial charge in [-0.2, -0.15) is 11.8 Å². The van der Waals surface area contributed by atoms with Crippen molar-refractivity contribution in [1.82, 2.24) is 4.90 Å². The maximum atomic E-state index is 11.6. The van der Waals surface area contributed by atoms with E-state index < -0.39 is 0 Å². The Morgan fingerprint density at radius 1 is 1.53 bits per heavy atom. The summed E-state index contributed by atoms with van der Waals surface area (Å²) in [6.45, 7) is 5.98. The number of nitrogens with two attached hydrogens (primary N) is 1. The molecule has 0 aromatic heterocycles. The molecule has 1 aliphatic rings. The fourth-order valence-electron chi connectivity index (χ4n) is 2.13. The number of hydrogen-bond donors (Lipinski definition) is 1. The van der Waals surface area contributed by atoms with E-state index >= 15 is 0 Å². The molecular formula is C11H22N2OS. The Labute approximate surface area is 96.8 Å². The summed E-state index contributed by atoms with van der Waals surface area (Å²) in [6.07, 6.45) is 4.86. The van der Waals surface area contributed by atoms with Gasteiger partial charge in [0.25, 0.3) is 0 Å². The van der Waals surface area contributed by atoms with Crippen molar-refractivity contribution < 1.29 is 4.79 Å². The fourth-order valence-corrected chi connectivity index (χ4v) is 2.99. The predicted molar refractivity (Wildman–Crippen MR) is 66.0 cm³/mol. The Bertz CT molecular complexity index is 220. The second-order valence-electron chi connectivity index (χ2n) is 4.33. The molecule has 1 amide bonds. The summed E-state index contributed by atoms with van der Waals surface area (Å²) < 4.78 is 0.222. The number of likely N-dealkylation sites (tertiary alicyclic amines) is 1. The molecule has 15 heavy (non-hydrogen) atoms. The van der Waals surface area contributed by atoms with E-state index in [1.165, 1.54) is 0 Å². The highest BCUT2D eigenvalue weighted by atomic mass is 32.2. The van der Waals surface area contributed by atoms with E-state index in [1.807, 2.05) is 16.7 Å². The molecule has 88 valence electrons. The van der Waals surface area contributed by atoms with Crippen LogP contribution < -0.4 is 5.73 Å². The van der Waals surface area contributed by atoms with E-state index in [9.17, 15) is 4.79 Å². The smallest absolute Gasteiger partial charge is 0.224 e. The summed E-state index contributed by atoms with van der Waals surface area (Å²) in [5.74, 6) is 0.225. The van der Waals surface area contributed by atoms with Crippen molar-refractivity contribution in [3.05, 3.63) is 0 Å². The number of nitrogens with zero attached hydrogens (tertiary/aromatic N) is 1. The lowest BCUT2D eigenvalue weighted by Crippen LogP contribution is -2.41. The highest BCUT2D eigenvalue weighted by Crippen LogP contribution is 2.32. The summed E-state index contributed by atoms with van der Waals surface area (Å²) in [5.41, 5.74) is 5.79. The minimum absolute atomic E-state index is 0.0470. The molecule has 0 spiro atoms. The van der Waals surface area contributed by atoms with E-state index in [2.05, 4.69) is 20.1 Å². The lowest BCUT2D eigenvalue weighted by Gasteiger charge is -2.34. The first kappa shape index (κ1) is 12.8. The van der Waals surface area contributed by atoms with E-state index in [0.717, 1.165) is 25.9 Å². The van der Waals surface area contributed by atoms with Crippen LogP contribution >= 0.6 is 11.8 Å². The van der Waals surface area contributed by atoms with Gasteiger partial charge in [-0.05, 0) is 19.1 Å². The zero-order chi connectivity index (χ0) is 11.5. The van der Waals surface area contributed by atoms with Crippen LogP contribution in [0.1, 0.15) is 33.1 Å². The van der Waals surface area contributed by atoms with Crippen molar-refractivity contribution >= 4 is 17.7 Å². The molecule has 4 heteroatoms. The second kappa shape index (κ2) is 5.21. The van der Waals surface area contributed by atoms with E-state index in [-0.39, 0.29) is 16.7 Å². The second-order valence-corrected chi connectivity index (χ2v) is 5.61. The fraction of sp³-hybridized carbons (Fsp3) is 0.909. The van der Waals surface area contributed by atoms with Gasteiger partial charge in [0, 0.05) is 30.3 Å². The quantitative estimate of drug-likeness (QED) is 0.778. The van der Waals surface area contributed by atoms with Crippen LogP contribution in [0.3, 0.4) is 0 Å². The standard InChI is InChI=1S/C11H22N2OS/c1-4-11(5-2,15-3)8-13-7-9(12)6-10(13)14/h9H,4-8,12H2,1-3H3. The van der Waals surface area contributed by atoms with E-state index in [4.69, 9.17) is 5.73 Å². The molecule has 1 unspecified atom stereocenters. The summed E-state index contributed by atoms with van der Waals surface area (Å²) in [5, 5.41) is 0. The minimum atomic E-state index is 0.0470. The van der Waals surface area contributed by atoms with Crippen LogP contribution in [0.2, 0.25) is 0 Å². The van der Waals surface area contributed by atoms with Crippen LogP contribution in [0.15, 0.2) is 0 Å². The highest BCUT2D eigenvalue weighted by Gasteiger charge is 2.34. The lowest BCUT2D eigenvalue weighted by molar-refractivity contribution is -0.128. The Kier molecular flexibility index (Phi) is 4.46. The van der Waals surface area contributed by atoms with Crippen LogP contribution in [-0.4, -0.2) is 40.9 Å². The first-order valence-electron chi connectivity index (χ1n) is 5.65. The molecule has 0 aromatic carbocycles. The van der Waals surface area contributed by atoms with Crippen molar-refractivity contribution in [2.24, 2.45) is 5.73 Å². The maximum Gasteiger partial charge on any atom is 0.224 e. The van der Waals surface area contributed by atoms with Gasteiger partial charge in [0.15, 0.2) is 0 Å². The van der Waals surface area contributed by atoms with Gasteiger partial charge in [0.1, 0.15) is 0 Å². The van der Waals surface area contributed by atoms with Crippen molar-refractivity contribution in [2.75, 3.05) is 19.3 Å². The van der Waals surface area contributed by atoms with Gasteiger partial charge < -0.3 is 10.6 Å². The van der Waals surface area contributed by atoms with Crippen LogP contribution in [0, 0.1) is 0 Å². The van der Waals surface area contributed by atoms with Crippen LogP contribution in [0.4, 0.5) is 0 Å². The monoisotopic (exact) mass is 230 g/mol. The van der Waals surface area contributed by atoms with Crippen molar-refractivity contribution in [2.45, 2.75) is 43.9 Å². The first-order chi connectivity index (χ1) is 7.06. The summed E-state index contributed by atoms with van der Waals surface area (Å²) in [6, 6.07) is 0.0470. The summed E-state index contributed by atoms with van der Waals surface area (Å²) >= 11 is 1.87. The average molecular weight is 230 g/mol. The molecule has 0 radical (unpaired) electrons. The zero-order valence-corrected chi connectivity index (χ0v) is 10.8. The predicted octanol–water partition coefficient (Wildman–Crippen LogP) is 1.47. The third kappa shape index (κ3) is 2.88. The molecule has 1 rings (SSSR count). The number of carbonyl (C=O) groups excluding carboxylic acids is 1. The molecule has 2 N–H and O–H groups in total. The molecule has 3 nitrogen and oxygen atoms in total. The topological polar surface area (TPSA) is 46.3 Å². The van der Waals surface area contributed by atoms with Gasteiger partial charge in [0.2, 0.25) is 5.91 Å². The van der Waals surface area contributed by atoms with Crippen LogP contribution in [-0.2, 0) is 4.79 Å². The molecule has 0 aliphatic carbocycles. The first-order valence-corrected chi connectivity index (χ1v) is 6.88. The molecule has 1 aliphatic heterocycles. The Balaban J connectivity index is 2.62.